The van der Waals surface area contributed by atoms with Crippen LogP contribution in [-0.2, 0) is 19.6 Å². The fraction of sp³-hybridized carbons (Fsp3) is 0.409. The van der Waals surface area contributed by atoms with Crippen molar-refractivity contribution in [2.75, 3.05) is 13.2 Å². The van der Waals surface area contributed by atoms with Gasteiger partial charge in [-0.2, -0.15) is 4.72 Å². The summed E-state index contributed by atoms with van der Waals surface area (Å²) in [6.45, 7) is 0.142. The number of rotatable bonds is 15. The maximum absolute atomic E-state index is 12.8. The number of carbonyl (C=O) groups is 2. The van der Waals surface area contributed by atoms with Gasteiger partial charge in [-0.05, 0) is 49.2 Å². The first-order chi connectivity index (χ1) is 15.8. The molecule has 33 heavy (non-hydrogen) atoms. The standard InChI is InChI=1S/C22H28ClN3O6S/c23-17-9-11-19(12-10-17)33(30,31)26-20(16-32-18-7-6-13-24-15-18)22(29)25-14-5-3-1-2-4-8-21(27)28/h6-7,9-13,15,20,26H,1-5,8,14,16H2,(H,25,29)(H,27,28)/t20-/m0/s1. The van der Waals surface area contributed by atoms with Crippen molar-refractivity contribution < 1.29 is 27.9 Å². The quantitative estimate of drug-likeness (QED) is 0.322. The summed E-state index contributed by atoms with van der Waals surface area (Å²) in [6, 6.07) is 7.76. The molecule has 0 aliphatic carbocycles. The van der Waals surface area contributed by atoms with Crippen LogP contribution in [0.2, 0.25) is 5.02 Å². The number of hydrogen-bond donors (Lipinski definition) is 3. The molecule has 9 nitrogen and oxygen atoms in total. The fourth-order valence-electron chi connectivity index (χ4n) is 2.91. The number of nitrogens with zero attached hydrogens (tertiary/aromatic N) is 1. The van der Waals surface area contributed by atoms with Crippen LogP contribution in [0.25, 0.3) is 0 Å². The topological polar surface area (TPSA) is 135 Å². The third-order valence-electron chi connectivity index (χ3n) is 4.66. The maximum Gasteiger partial charge on any atom is 0.303 e. The Morgan fingerprint density at radius 2 is 1.76 bits per heavy atom. The molecular weight excluding hydrogens is 470 g/mol. The number of carboxylic acids is 1. The highest BCUT2D eigenvalue weighted by Gasteiger charge is 2.26. The highest BCUT2D eigenvalue weighted by atomic mass is 35.5. The number of unbranched alkanes of at least 4 members (excludes halogenated alkanes) is 4. The second-order valence-electron chi connectivity index (χ2n) is 7.33. The maximum atomic E-state index is 12.8. The molecule has 0 aliphatic heterocycles. The minimum Gasteiger partial charge on any atom is -0.490 e. The van der Waals surface area contributed by atoms with Gasteiger partial charge in [-0.3, -0.25) is 14.6 Å². The zero-order valence-corrected chi connectivity index (χ0v) is 19.6. The van der Waals surface area contributed by atoms with Gasteiger partial charge >= 0.3 is 5.97 Å². The fourth-order valence-corrected chi connectivity index (χ4v) is 4.22. The number of hydrogen-bond acceptors (Lipinski definition) is 6. The first-order valence-corrected chi connectivity index (χ1v) is 12.4. The molecule has 0 saturated carbocycles. The Morgan fingerprint density at radius 1 is 1.06 bits per heavy atom. The van der Waals surface area contributed by atoms with E-state index in [1.54, 1.807) is 18.3 Å². The van der Waals surface area contributed by atoms with Crippen LogP contribution in [0.15, 0.2) is 53.7 Å². The lowest BCUT2D eigenvalue weighted by molar-refractivity contribution is -0.137. The summed E-state index contributed by atoms with van der Waals surface area (Å²) in [6.07, 6.45) is 7.01. The molecule has 0 radical (unpaired) electrons. The lowest BCUT2D eigenvalue weighted by atomic mass is 10.1. The molecular formula is C22H28ClN3O6S. The monoisotopic (exact) mass is 497 g/mol. The molecule has 0 aliphatic rings. The van der Waals surface area contributed by atoms with Gasteiger partial charge in [0.25, 0.3) is 0 Å². The number of aromatic nitrogens is 1. The number of aliphatic carboxylic acids is 1. The van der Waals surface area contributed by atoms with E-state index in [1.165, 1.54) is 30.5 Å². The van der Waals surface area contributed by atoms with Crippen molar-refractivity contribution >= 4 is 33.5 Å². The molecule has 2 aromatic rings. The Hall–Kier alpha value is -2.69. The Morgan fingerprint density at radius 3 is 2.42 bits per heavy atom. The lowest BCUT2D eigenvalue weighted by Crippen LogP contribution is -2.50. The summed E-state index contributed by atoms with van der Waals surface area (Å²) in [5.41, 5.74) is 0. The number of carbonyl (C=O) groups excluding carboxylic acids is 1. The highest BCUT2D eigenvalue weighted by Crippen LogP contribution is 2.15. The minimum absolute atomic E-state index is 0.0209. The first kappa shape index (κ1) is 26.6. The van der Waals surface area contributed by atoms with Crippen molar-refractivity contribution in [1.82, 2.24) is 15.0 Å². The van der Waals surface area contributed by atoms with Gasteiger partial charge in [-0.1, -0.05) is 30.9 Å². The molecule has 1 amide bonds. The molecule has 1 aromatic heterocycles. The predicted octanol–water partition coefficient (Wildman–Crippen LogP) is 3.00. The van der Waals surface area contributed by atoms with E-state index in [2.05, 4.69) is 15.0 Å². The third kappa shape index (κ3) is 10.2. The minimum atomic E-state index is -3.99. The Balaban J connectivity index is 1.91. The zero-order chi connectivity index (χ0) is 24.1. The van der Waals surface area contributed by atoms with Crippen molar-refractivity contribution in [3.8, 4) is 5.75 Å². The average Bonchev–Trinajstić information content (AvgIpc) is 2.79. The Labute approximate surface area is 198 Å². The van der Waals surface area contributed by atoms with Crippen LogP contribution in [0.4, 0.5) is 0 Å². The molecule has 0 spiro atoms. The van der Waals surface area contributed by atoms with Crippen LogP contribution in [0.5, 0.6) is 5.75 Å². The summed E-state index contributed by atoms with van der Waals surface area (Å²) in [4.78, 5) is 27.1. The molecule has 1 atom stereocenters. The highest BCUT2D eigenvalue weighted by molar-refractivity contribution is 7.89. The summed E-state index contributed by atoms with van der Waals surface area (Å²) in [5, 5.41) is 11.8. The second kappa shape index (κ2) is 13.8. The molecule has 2 rings (SSSR count). The number of carboxylic acid groups (broad SMARTS) is 1. The Kier molecular flexibility index (Phi) is 11.1. The van der Waals surface area contributed by atoms with E-state index in [0.29, 0.717) is 30.2 Å². The second-order valence-corrected chi connectivity index (χ2v) is 9.48. The predicted molar refractivity (Wildman–Crippen MR) is 124 cm³/mol. The van der Waals surface area contributed by atoms with Gasteiger partial charge in [0.05, 0.1) is 11.1 Å². The number of benzene rings is 1. The molecule has 3 N–H and O–H groups in total. The summed E-state index contributed by atoms with van der Waals surface area (Å²) in [7, 11) is -3.99. The van der Waals surface area contributed by atoms with Crippen molar-refractivity contribution in [1.29, 1.82) is 0 Å². The molecule has 180 valence electrons. The molecule has 0 fully saturated rings. The van der Waals surface area contributed by atoms with E-state index in [0.717, 1.165) is 19.3 Å². The largest absolute Gasteiger partial charge is 0.490 e. The summed E-state index contributed by atoms with van der Waals surface area (Å²) < 4.78 is 33.5. The van der Waals surface area contributed by atoms with E-state index in [-0.39, 0.29) is 17.9 Å². The van der Waals surface area contributed by atoms with Crippen LogP contribution in [0, 0.1) is 0 Å². The van der Waals surface area contributed by atoms with Gasteiger partial charge in [0.1, 0.15) is 18.4 Å². The van der Waals surface area contributed by atoms with Gasteiger partial charge in [-0.25, -0.2) is 8.42 Å². The molecule has 0 bridgehead atoms. The van der Waals surface area contributed by atoms with Crippen LogP contribution < -0.4 is 14.8 Å². The van der Waals surface area contributed by atoms with Gasteiger partial charge in [-0.15, -0.1) is 0 Å². The Bertz CT molecular complexity index is 987. The molecule has 0 saturated heterocycles. The summed E-state index contributed by atoms with van der Waals surface area (Å²) in [5.74, 6) is -0.910. The molecule has 11 heteroatoms. The summed E-state index contributed by atoms with van der Waals surface area (Å²) >= 11 is 5.83. The SMILES string of the molecule is O=C(O)CCCCCCCNC(=O)[C@H](COc1cccnc1)NS(=O)(=O)c1ccc(Cl)cc1. The van der Waals surface area contributed by atoms with Gasteiger partial charge in [0.2, 0.25) is 15.9 Å². The van der Waals surface area contributed by atoms with Crippen molar-refractivity contribution in [2.45, 2.75) is 49.5 Å². The van der Waals surface area contributed by atoms with E-state index < -0.39 is 27.9 Å². The zero-order valence-electron chi connectivity index (χ0n) is 18.1. The number of nitrogens with one attached hydrogen (secondary N) is 2. The van der Waals surface area contributed by atoms with Crippen LogP contribution in [0.3, 0.4) is 0 Å². The van der Waals surface area contributed by atoms with E-state index in [9.17, 15) is 18.0 Å². The van der Waals surface area contributed by atoms with Crippen molar-refractivity contribution in [3.05, 3.63) is 53.8 Å². The van der Waals surface area contributed by atoms with Gasteiger partial charge < -0.3 is 15.2 Å². The number of halogens is 1. The normalized spacial score (nSPS) is 12.2. The molecule has 0 unspecified atom stereocenters. The van der Waals surface area contributed by atoms with Crippen LogP contribution in [-0.4, -0.2) is 49.6 Å². The van der Waals surface area contributed by atoms with Crippen LogP contribution >= 0.6 is 11.6 Å². The number of sulfonamides is 1. The van der Waals surface area contributed by atoms with Crippen LogP contribution in [0.1, 0.15) is 38.5 Å². The van der Waals surface area contributed by atoms with Gasteiger partial charge in [0.15, 0.2) is 0 Å². The van der Waals surface area contributed by atoms with E-state index >= 15 is 0 Å². The number of amides is 1. The number of ether oxygens (including phenoxy) is 1. The van der Waals surface area contributed by atoms with Crippen molar-refractivity contribution in [2.24, 2.45) is 0 Å². The smallest absolute Gasteiger partial charge is 0.303 e. The third-order valence-corrected chi connectivity index (χ3v) is 6.40. The van der Waals surface area contributed by atoms with E-state index in [4.69, 9.17) is 21.4 Å². The van der Waals surface area contributed by atoms with Crippen molar-refractivity contribution in [3.63, 3.8) is 0 Å². The van der Waals surface area contributed by atoms with E-state index in [1.807, 2.05) is 0 Å². The lowest BCUT2D eigenvalue weighted by Gasteiger charge is -2.19. The first-order valence-electron chi connectivity index (χ1n) is 10.6. The number of pyridine rings is 1. The molecule has 1 aromatic carbocycles. The average molecular weight is 498 g/mol. The molecule has 1 heterocycles. The van der Waals surface area contributed by atoms with Gasteiger partial charge in [0, 0.05) is 24.2 Å².